The molecule has 17 heavy (non-hydrogen) atoms. The Morgan fingerprint density at radius 3 is 2.88 bits per heavy atom. The fourth-order valence-corrected chi connectivity index (χ4v) is 2.80. The zero-order valence-electron chi connectivity index (χ0n) is 9.26. The molecule has 1 unspecified atom stereocenters. The molecular formula is C11H14N2O3S. The van der Waals surface area contributed by atoms with Gasteiger partial charge in [-0.3, -0.25) is 4.79 Å². The molecule has 0 radical (unpaired) electrons. The Bertz CT molecular complexity index is 444. The maximum atomic E-state index is 11.1. The summed E-state index contributed by atoms with van der Waals surface area (Å²) in [5, 5.41) is 10.7. The molecule has 0 spiro atoms. The summed E-state index contributed by atoms with van der Waals surface area (Å²) in [6, 6.07) is 1.65. The van der Waals surface area contributed by atoms with Crippen LogP contribution in [0.1, 0.15) is 22.5 Å². The summed E-state index contributed by atoms with van der Waals surface area (Å²) in [7, 11) is 0. The lowest BCUT2D eigenvalue weighted by atomic mass is 9.97. The Balaban J connectivity index is 2.10. The van der Waals surface area contributed by atoms with Gasteiger partial charge in [0.05, 0.1) is 5.92 Å². The highest BCUT2D eigenvalue weighted by molar-refractivity contribution is 7.12. The monoisotopic (exact) mass is 254 g/mol. The number of nitrogens with zero attached hydrogens (tertiary/aromatic N) is 1. The SMILES string of the molecule is NC(=O)C1CCCN(c2csc(C(=O)O)c2)C1. The van der Waals surface area contributed by atoms with Gasteiger partial charge in [-0.15, -0.1) is 11.3 Å². The lowest BCUT2D eigenvalue weighted by Crippen LogP contribution is -2.41. The molecule has 0 saturated carbocycles. The number of amides is 1. The van der Waals surface area contributed by atoms with E-state index in [2.05, 4.69) is 0 Å². The molecule has 1 saturated heterocycles. The Hall–Kier alpha value is -1.56. The second kappa shape index (κ2) is 4.75. The molecule has 1 fully saturated rings. The molecule has 2 rings (SSSR count). The van der Waals surface area contributed by atoms with Gasteiger partial charge in [0, 0.05) is 24.2 Å². The number of anilines is 1. The summed E-state index contributed by atoms with van der Waals surface area (Å²) in [6.07, 6.45) is 1.73. The van der Waals surface area contributed by atoms with Crippen LogP contribution in [-0.4, -0.2) is 30.1 Å². The van der Waals surface area contributed by atoms with Crippen LogP contribution in [0.3, 0.4) is 0 Å². The first-order valence-electron chi connectivity index (χ1n) is 5.44. The predicted octanol–water partition coefficient (Wildman–Crippen LogP) is 1.15. The first-order valence-corrected chi connectivity index (χ1v) is 6.32. The first kappa shape index (κ1) is 11.9. The van der Waals surface area contributed by atoms with Crippen molar-refractivity contribution in [2.45, 2.75) is 12.8 Å². The van der Waals surface area contributed by atoms with Crippen LogP contribution >= 0.6 is 11.3 Å². The van der Waals surface area contributed by atoms with Gasteiger partial charge in [0.2, 0.25) is 5.91 Å². The topological polar surface area (TPSA) is 83.6 Å². The summed E-state index contributed by atoms with van der Waals surface area (Å²) >= 11 is 1.20. The van der Waals surface area contributed by atoms with Gasteiger partial charge in [0.15, 0.2) is 0 Å². The maximum Gasteiger partial charge on any atom is 0.345 e. The van der Waals surface area contributed by atoms with Crippen molar-refractivity contribution in [2.75, 3.05) is 18.0 Å². The number of nitrogens with two attached hydrogens (primary N) is 1. The zero-order valence-corrected chi connectivity index (χ0v) is 10.1. The number of carbonyl (C=O) groups is 2. The number of carboxylic acid groups (broad SMARTS) is 1. The molecule has 0 aliphatic carbocycles. The quantitative estimate of drug-likeness (QED) is 0.847. The minimum absolute atomic E-state index is 0.128. The van der Waals surface area contributed by atoms with E-state index in [1.807, 2.05) is 10.3 Å². The van der Waals surface area contributed by atoms with Crippen molar-refractivity contribution in [2.24, 2.45) is 11.7 Å². The number of carbonyl (C=O) groups excluding carboxylic acids is 1. The third-order valence-electron chi connectivity index (χ3n) is 2.99. The number of hydrogen-bond acceptors (Lipinski definition) is 4. The van der Waals surface area contributed by atoms with Crippen LogP contribution in [0.4, 0.5) is 5.69 Å². The fourth-order valence-electron chi connectivity index (χ4n) is 2.05. The van der Waals surface area contributed by atoms with Crippen LogP contribution in [-0.2, 0) is 4.79 Å². The maximum absolute atomic E-state index is 11.1. The molecule has 1 amide bonds. The largest absolute Gasteiger partial charge is 0.477 e. The van der Waals surface area contributed by atoms with Gasteiger partial charge in [-0.1, -0.05) is 0 Å². The van der Waals surface area contributed by atoms with Crippen LogP contribution in [0.2, 0.25) is 0 Å². The van der Waals surface area contributed by atoms with E-state index in [0.29, 0.717) is 11.4 Å². The van der Waals surface area contributed by atoms with Crippen molar-refractivity contribution < 1.29 is 14.7 Å². The van der Waals surface area contributed by atoms with Crippen molar-refractivity contribution >= 4 is 28.9 Å². The van der Waals surface area contributed by atoms with E-state index in [9.17, 15) is 9.59 Å². The lowest BCUT2D eigenvalue weighted by molar-refractivity contribution is -0.122. The van der Waals surface area contributed by atoms with Gasteiger partial charge in [-0.2, -0.15) is 0 Å². The van der Waals surface area contributed by atoms with E-state index in [4.69, 9.17) is 10.8 Å². The van der Waals surface area contributed by atoms with E-state index in [0.717, 1.165) is 25.1 Å². The van der Waals surface area contributed by atoms with E-state index in [-0.39, 0.29) is 11.8 Å². The number of rotatable bonds is 3. The summed E-state index contributed by atoms with van der Waals surface area (Å²) in [5.74, 6) is -1.31. The van der Waals surface area contributed by atoms with Gasteiger partial charge in [-0.25, -0.2) is 4.79 Å². The second-order valence-electron chi connectivity index (χ2n) is 4.16. The minimum Gasteiger partial charge on any atom is -0.477 e. The number of primary amides is 1. The van der Waals surface area contributed by atoms with Crippen molar-refractivity contribution in [1.82, 2.24) is 0 Å². The lowest BCUT2D eigenvalue weighted by Gasteiger charge is -2.32. The molecule has 5 nitrogen and oxygen atoms in total. The number of carboxylic acids is 1. The highest BCUT2D eigenvalue weighted by Crippen LogP contribution is 2.27. The number of aromatic carboxylic acids is 1. The van der Waals surface area contributed by atoms with Crippen LogP contribution in [0.25, 0.3) is 0 Å². The van der Waals surface area contributed by atoms with E-state index in [1.165, 1.54) is 11.3 Å². The second-order valence-corrected chi connectivity index (χ2v) is 5.07. The molecule has 3 N–H and O–H groups in total. The van der Waals surface area contributed by atoms with Gasteiger partial charge < -0.3 is 15.7 Å². The van der Waals surface area contributed by atoms with Crippen molar-refractivity contribution in [3.05, 3.63) is 16.3 Å². The van der Waals surface area contributed by atoms with Crippen LogP contribution in [0.5, 0.6) is 0 Å². The smallest absolute Gasteiger partial charge is 0.345 e. The Morgan fingerprint density at radius 1 is 1.53 bits per heavy atom. The molecule has 1 atom stereocenters. The Morgan fingerprint density at radius 2 is 2.29 bits per heavy atom. The third kappa shape index (κ3) is 2.58. The van der Waals surface area contributed by atoms with E-state index >= 15 is 0 Å². The normalized spacial score (nSPS) is 20.2. The average molecular weight is 254 g/mol. The molecule has 1 aromatic heterocycles. The van der Waals surface area contributed by atoms with Crippen molar-refractivity contribution in [1.29, 1.82) is 0 Å². The molecule has 92 valence electrons. The van der Waals surface area contributed by atoms with E-state index < -0.39 is 5.97 Å². The highest BCUT2D eigenvalue weighted by atomic mass is 32.1. The van der Waals surface area contributed by atoms with Gasteiger partial charge in [0.1, 0.15) is 4.88 Å². The molecule has 0 aromatic carbocycles. The molecular weight excluding hydrogens is 240 g/mol. The molecule has 0 bridgehead atoms. The molecule has 2 heterocycles. The summed E-state index contributed by atoms with van der Waals surface area (Å²) in [4.78, 5) is 24.3. The van der Waals surface area contributed by atoms with Crippen LogP contribution in [0, 0.1) is 5.92 Å². The van der Waals surface area contributed by atoms with Gasteiger partial charge in [-0.05, 0) is 18.9 Å². The molecule has 1 aliphatic rings. The summed E-state index contributed by atoms with van der Waals surface area (Å²) in [6.45, 7) is 1.44. The van der Waals surface area contributed by atoms with Gasteiger partial charge >= 0.3 is 5.97 Å². The zero-order chi connectivity index (χ0) is 12.4. The van der Waals surface area contributed by atoms with Crippen LogP contribution in [0.15, 0.2) is 11.4 Å². The van der Waals surface area contributed by atoms with Crippen LogP contribution < -0.4 is 10.6 Å². The summed E-state index contributed by atoms with van der Waals surface area (Å²) < 4.78 is 0. The number of thiophene rings is 1. The molecule has 6 heteroatoms. The standard InChI is InChI=1S/C11H14N2O3S/c12-10(14)7-2-1-3-13(5-7)8-4-9(11(15)16)17-6-8/h4,6-7H,1-3,5H2,(H2,12,14)(H,15,16). The number of piperidine rings is 1. The van der Waals surface area contributed by atoms with Gasteiger partial charge in [0.25, 0.3) is 0 Å². The first-order chi connectivity index (χ1) is 8.08. The Labute approximate surface area is 103 Å². The molecule has 1 aromatic rings. The van der Waals surface area contributed by atoms with Crippen molar-refractivity contribution in [3.8, 4) is 0 Å². The Kier molecular flexibility index (Phi) is 3.33. The number of hydrogen-bond donors (Lipinski definition) is 2. The summed E-state index contributed by atoms with van der Waals surface area (Å²) in [5.41, 5.74) is 6.18. The minimum atomic E-state index is -0.912. The highest BCUT2D eigenvalue weighted by Gasteiger charge is 2.25. The predicted molar refractivity (Wildman–Crippen MR) is 65.4 cm³/mol. The van der Waals surface area contributed by atoms with Crippen molar-refractivity contribution in [3.63, 3.8) is 0 Å². The molecule has 1 aliphatic heterocycles. The average Bonchev–Trinajstić information content (AvgIpc) is 2.78. The van der Waals surface area contributed by atoms with E-state index in [1.54, 1.807) is 6.07 Å². The third-order valence-corrected chi connectivity index (χ3v) is 3.89. The fraction of sp³-hybridized carbons (Fsp3) is 0.455.